The van der Waals surface area contributed by atoms with Crippen LogP contribution in [0.2, 0.25) is 10.0 Å². The van der Waals surface area contributed by atoms with Gasteiger partial charge < -0.3 is 10.1 Å². The molecular formula is C15H15BrCl2N2O. The molecule has 0 spiro atoms. The van der Waals surface area contributed by atoms with Crippen LogP contribution in [-0.2, 0) is 6.61 Å². The van der Waals surface area contributed by atoms with Crippen molar-refractivity contribution in [1.29, 1.82) is 0 Å². The molecule has 3 nitrogen and oxygen atoms in total. The molecule has 0 amide bonds. The summed E-state index contributed by atoms with van der Waals surface area (Å²) in [4.78, 5) is 4.45. The Balaban J connectivity index is 2.08. The van der Waals surface area contributed by atoms with E-state index in [1.165, 1.54) is 0 Å². The van der Waals surface area contributed by atoms with Gasteiger partial charge in [0.1, 0.15) is 18.2 Å². The van der Waals surface area contributed by atoms with E-state index in [-0.39, 0.29) is 6.61 Å². The van der Waals surface area contributed by atoms with E-state index in [0.717, 1.165) is 23.3 Å². The van der Waals surface area contributed by atoms with Gasteiger partial charge in [0.2, 0.25) is 0 Å². The molecule has 0 unspecified atom stereocenters. The van der Waals surface area contributed by atoms with Crippen LogP contribution in [0, 0.1) is 0 Å². The molecule has 0 bridgehead atoms. The lowest BCUT2D eigenvalue weighted by Crippen LogP contribution is -2.05. The fraction of sp³-hybridized carbons (Fsp3) is 0.267. The highest BCUT2D eigenvalue weighted by Crippen LogP contribution is 2.29. The summed E-state index contributed by atoms with van der Waals surface area (Å²) >= 11 is 15.6. The lowest BCUT2D eigenvalue weighted by atomic mass is 10.3. The molecule has 0 radical (unpaired) electrons. The maximum absolute atomic E-state index is 6.15. The molecule has 1 aromatic heterocycles. The second kappa shape index (κ2) is 7.87. The Morgan fingerprint density at radius 3 is 2.71 bits per heavy atom. The molecule has 6 heteroatoms. The molecule has 0 saturated heterocycles. The second-order valence-corrected chi connectivity index (χ2v) is 6.15. The number of hydrogen-bond donors (Lipinski definition) is 1. The predicted octanol–water partition coefficient (Wildman–Crippen LogP) is 5.55. The largest absolute Gasteiger partial charge is 0.486 e. The molecule has 1 aromatic carbocycles. The van der Waals surface area contributed by atoms with E-state index in [9.17, 15) is 0 Å². The highest BCUT2D eigenvalue weighted by atomic mass is 79.9. The molecule has 112 valence electrons. The van der Waals surface area contributed by atoms with E-state index in [1.807, 2.05) is 18.2 Å². The molecule has 0 aliphatic carbocycles. The van der Waals surface area contributed by atoms with E-state index in [2.05, 4.69) is 33.2 Å². The average Bonchev–Trinajstić information content (AvgIpc) is 2.46. The highest BCUT2D eigenvalue weighted by molar-refractivity contribution is 9.10. The van der Waals surface area contributed by atoms with Crippen molar-refractivity contribution >= 4 is 44.9 Å². The quantitative estimate of drug-likeness (QED) is 0.702. The van der Waals surface area contributed by atoms with Crippen LogP contribution < -0.4 is 10.1 Å². The molecular weight excluding hydrogens is 375 g/mol. The molecule has 2 aromatic rings. The molecule has 1 N–H and O–H groups in total. The number of halogens is 3. The molecule has 0 aliphatic heterocycles. The van der Waals surface area contributed by atoms with E-state index in [4.69, 9.17) is 27.9 Å². The Labute approximate surface area is 142 Å². The van der Waals surface area contributed by atoms with Gasteiger partial charge in [-0.3, -0.25) is 0 Å². The minimum Gasteiger partial charge on any atom is -0.486 e. The summed E-state index contributed by atoms with van der Waals surface area (Å²) in [6, 6.07) is 9.13. The van der Waals surface area contributed by atoms with Gasteiger partial charge in [-0.15, -0.1) is 0 Å². The van der Waals surface area contributed by atoms with Gasteiger partial charge in [-0.05, 0) is 36.8 Å². The van der Waals surface area contributed by atoms with Crippen LogP contribution in [-0.4, -0.2) is 11.5 Å². The summed E-state index contributed by atoms with van der Waals surface area (Å²) in [5, 5.41) is 4.34. The zero-order chi connectivity index (χ0) is 15.2. The van der Waals surface area contributed by atoms with E-state index in [0.29, 0.717) is 21.5 Å². The van der Waals surface area contributed by atoms with Crippen molar-refractivity contribution in [3.8, 4) is 5.75 Å². The van der Waals surface area contributed by atoms with Gasteiger partial charge in [-0.25, -0.2) is 4.98 Å². The summed E-state index contributed by atoms with van der Waals surface area (Å²) in [5.41, 5.74) is 0.678. The summed E-state index contributed by atoms with van der Waals surface area (Å²) in [6.45, 7) is 3.23. The van der Waals surface area contributed by atoms with Gasteiger partial charge in [0.15, 0.2) is 0 Å². The van der Waals surface area contributed by atoms with Crippen LogP contribution in [0.3, 0.4) is 0 Å². The Bertz CT molecular complexity index is 623. The zero-order valence-electron chi connectivity index (χ0n) is 11.5. The first-order valence-corrected chi connectivity index (χ1v) is 8.12. The average molecular weight is 390 g/mol. The van der Waals surface area contributed by atoms with Crippen molar-refractivity contribution in [2.75, 3.05) is 11.9 Å². The molecule has 21 heavy (non-hydrogen) atoms. The van der Waals surface area contributed by atoms with Gasteiger partial charge in [0.05, 0.1) is 15.7 Å². The summed E-state index contributed by atoms with van der Waals surface area (Å²) in [5.74, 6) is 1.39. The number of nitrogens with zero attached hydrogens (tertiary/aromatic N) is 1. The first kappa shape index (κ1) is 16.4. The Morgan fingerprint density at radius 2 is 2.00 bits per heavy atom. The fourth-order valence-corrected chi connectivity index (χ4v) is 2.56. The predicted molar refractivity (Wildman–Crippen MR) is 91.5 cm³/mol. The van der Waals surface area contributed by atoms with E-state index in [1.54, 1.807) is 12.1 Å². The van der Waals surface area contributed by atoms with Crippen LogP contribution in [0.25, 0.3) is 0 Å². The molecule has 0 saturated carbocycles. The van der Waals surface area contributed by atoms with Crippen molar-refractivity contribution in [1.82, 2.24) is 4.98 Å². The smallest absolute Gasteiger partial charge is 0.138 e. The normalized spacial score (nSPS) is 10.5. The topological polar surface area (TPSA) is 34.1 Å². The minimum atomic E-state index is 0.266. The number of rotatable bonds is 6. The zero-order valence-corrected chi connectivity index (χ0v) is 14.6. The third-order valence-electron chi connectivity index (χ3n) is 2.73. The molecule has 1 heterocycles. The third-order valence-corrected chi connectivity index (χ3v) is 3.87. The monoisotopic (exact) mass is 388 g/mol. The maximum Gasteiger partial charge on any atom is 0.138 e. The third kappa shape index (κ3) is 4.77. The van der Waals surface area contributed by atoms with Crippen LogP contribution >= 0.6 is 39.1 Å². The van der Waals surface area contributed by atoms with Crippen LogP contribution in [0.1, 0.15) is 19.0 Å². The minimum absolute atomic E-state index is 0.266. The molecule has 0 atom stereocenters. The molecule has 2 rings (SSSR count). The fourth-order valence-electron chi connectivity index (χ4n) is 1.68. The first-order chi connectivity index (χ1) is 10.1. The standard InChI is InChI=1S/C15H15BrCl2N2O/c1-2-7-19-15-6-4-11(17)13(20-15)9-21-14-5-3-10(16)8-12(14)18/h3-6,8H,2,7,9H2,1H3,(H,19,20). The van der Waals surface area contributed by atoms with Crippen LogP contribution in [0.5, 0.6) is 5.75 Å². The Hall–Kier alpha value is -0.970. The van der Waals surface area contributed by atoms with Crippen molar-refractivity contribution < 1.29 is 4.74 Å². The lowest BCUT2D eigenvalue weighted by Gasteiger charge is -2.11. The Morgan fingerprint density at radius 1 is 1.19 bits per heavy atom. The van der Waals surface area contributed by atoms with E-state index < -0.39 is 0 Å². The summed E-state index contributed by atoms with van der Waals surface area (Å²) in [6.07, 6.45) is 1.03. The molecule has 0 fully saturated rings. The number of aromatic nitrogens is 1. The lowest BCUT2D eigenvalue weighted by molar-refractivity contribution is 0.302. The van der Waals surface area contributed by atoms with Gasteiger partial charge >= 0.3 is 0 Å². The second-order valence-electron chi connectivity index (χ2n) is 4.42. The van der Waals surface area contributed by atoms with Crippen LogP contribution in [0.4, 0.5) is 5.82 Å². The van der Waals surface area contributed by atoms with Gasteiger partial charge in [0, 0.05) is 11.0 Å². The number of nitrogens with one attached hydrogen (secondary N) is 1. The van der Waals surface area contributed by atoms with Crippen molar-refractivity contribution in [2.24, 2.45) is 0 Å². The molecule has 0 aliphatic rings. The SMILES string of the molecule is CCCNc1ccc(Cl)c(COc2ccc(Br)cc2Cl)n1. The number of pyridine rings is 1. The number of hydrogen-bond acceptors (Lipinski definition) is 3. The van der Waals surface area contributed by atoms with Crippen molar-refractivity contribution in [3.63, 3.8) is 0 Å². The van der Waals surface area contributed by atoms with Crippen molar-refractivity contribution in [3.05, 3.63) is 50.5 Å². The van der Waals surface area contributed by atoms with Gasteiger partial charge in [-0.2, -0.15) is 0 Å². The number of benzene rings is 1. The van der Waals surface area contributed by atoms with Gasteiger partial charge in [0.25, 0.3) is 0 Å². The number of anilines is 1. The summed E-state index contributed by atoms with van der Waals surface area (Å²) < 4.78 is 6.60. The van der Waals surface area contributed by atoms with Crippen LogP contribution in [0.15, 0.2) is 34.8 Å². The maximum atomic E-state index is 6.15. The van der Waals surface area contributed by atoms with Gasteiger partial charge in [-0.1, -0.05) is 46.1 Å². The Kier molecular flexibility index (Phi) is 6.15. The summed E-state index contributed by atoms with van der Waals surface area (Å²) in [7, 11) is 0. The van der Waals surface area contributed by atoms with Crippen molar-refractivity contribution in [2.45, 2.75) is 20.0 Å². The first-order valence-electron chi connectivity index (χ1n) is 6.57. The van der Waals surface area contributed by atoms with E-state index >= 15 is 0 Å². The number of ether oxygens (including phenoxy) is 1. The highest BCUT2D eigenvalue weighted by Gasteiger charge is 2.07.